The lowest BCUT2D eigenvalue weighted by atomic mass is 9.96. The van der Waals surface area contributed by atoms with E-state index < -0.39 is 0 Å². The maximum Gasteiger partial charge on any atom is 0.257 e. The van der Waals surface area contributed by atoms with Crippen molar-refractivity contribution in [1.29, 1.82) is 0 Å². The lowest BCUT2D eigenvalue weighted by Crippen LogP contribution is -2.44. The highest BCUT2D eigenvalue weighted by Crippen LogP contribution is 2.39. The molecule has 0 saturated carbocycles. The van der Waals surface area contributed by atoms with Crippen LogP contribution in [0.5, 0.6) is 11.5 Å². The van der Waals surface area contributed by atoms with E-state index in [1.54, 1.807) is 32.4 Å². The van der Waals surface area contributed by atoms with Crippen molar-refractivity contribution >= 4 is 17.5 Å². The van der Waals surface area contributed by atoms with Crippen molar-refractivity contribution < 1.29 is 23.5 Å². The zero-order valence-corrected chi connectivity index (χ0v) is 19.4. The molecule has 180 valence electrons. The Balaban J connectivity index is 1.59. The SMILES string of the molecule is COc1ccc([C@H]2CC(c3ccc(F)cc3)=NN2C(=O)CN2CCC(C(N)=O)CC2)c(OC)c1. The summed E-state index contributed by atoms with van der Waals surface area (Å²) in [5.74, 6) is 0.331. The van der Waals surface area contributed by atoms with Gasteiger partial charge in [-0.15, -0.1) is 0 Å². The Hall–Kier alpha value is -3.46. The second-order valence-electron chi connectivity index (χ2n) is 8.57. The van der Waals surface area contributed by atoms with Crippen LogP contribution in [0.25, 0.3) is 0 Å². The standard InChI is InChI=1S/C25H29FN4O4/c1-33-19-7-8-20(23(13-19)34-2)22-14-21(16-3-5-18(26)6-4-16)28-30(22)24(31)15-29-11-9-17(10-12-29)25(27)32/h3-8,13,17,22H,9-12,14-15H2,1-2H3,(H2,27,32)/t22-/m1/s1. The van der Waals surface area contributed by atoms with Crippen molar-refractivity contribution in [2.75, 3.05) is 33.9 Å². The third-order valence-corrected chi connectivity index (χ3v) is 6.49. The van der Waals surface area contributed by atoms with Crippen molar-refractivity contribution in [3.63, 3.8) is 0 Å². The number of ether oxygens (including phenoxy) is 2. The molecule has 2 N–H and O–H groups in total. The summed E-state index contributed by atoms with van der Waals surface area (Å²) in [7, 11) is 3.15. The molecule has 2 heterocycles. The number of hydrogen-bond acceptors (Lipinski definition) is 6. The first-order valence-corrected chi connectivity index (χ1v) is 11.3. The van der Waals surface area contributed by atoms with Crippen LogP contribution in [-0.4, -0.2) is 61.3 Å². The van der Waals surface area contributed by atoms with Crippen LogP contribution in [0.3, 0.4) is 0 Å². The third kappa shape index (κ3) is 5.04. The Morgan fingerprint density at radius 1 is 1.09 bits per heavy atom. The van der Waals surface area contributed by atoms with Gasteiger partial charge in [0.2, 0.25) is 5.91 Å². The number of likely N-dealkylation sites (tertiary alicyclic amines) is 1. The number of halogens is 1. The van der Waals surface area contributed by atoms with E-state index in [1.807, 2.05) is 17.0 Å². The fourth-order valence-corrected chi connectivity index (χ4v) is 4.53. The molecule has 0 unspecified atom stereocenters. The molecular formula is C25H29FN4O4. The number of methoxy groups -OCH3 is 2. The second-order valence-corrected chi connectivity index (χ2v) is 8.57. The van der Waals surface area contributed by atoms with Gasteiger partial charge in [-0.05, 0) is 55.8 Å². The van der Waals surface area contributed by atoms with Crippen LogP contribution >= 0.6 is 0 Å². The molecule has 2 aromatic rings. The first-order chi connectivity index (χ1) is 16.4. The minimum atomic E-state index is -0.378. The van der Waals surface area contributed by atoms with E-state index in [0.717, 1.165) is 11.1 Å². The quantitative estimate of drug-likeness (QED) is 0.674. The van der Waals surface area contributed by atoms with Gasteiger partial charge in [0.05, 0.1) is 32.5 Å². The van der Waals surface area contributed by atoms with Gasteiger partial charge in [0.1, 0.15) is 17.3 Å². The Labute approximate surface area is 198 Å². The largest absolute Gasteiger partial charge is 0.497 e. The Bertz CT molecular complexity index is 1080. The van der Waals surface area contributed by atoms with Crippen LogP contribution in [0.2, 0.25) is 0 Å². The number of carbonyl (C=O) groups excluding carboxylic acids is 2. The molecule has 9 heteroatoms. The molecule has 8 nitrogen and oxygen atoms in total. The molecule has 0 aliphatic carbocycles. The van der Waals surface area contributed by atoms with Crippen LogP contribution < -0.4 is 15.2 Å². The molecule has 0 radical (unpaired) electrons. The van der Waals surface area contributed by atoms with Crippen molar-refractivity contribution in [2.24, 2.45) is 16.8 Å². The Morgan fingerprint density at radius 2 is 1.79 bits per heavy atom. The van der Waals surface area contributed by atoms with Crippen molar-refractivity contribution in [3.8, 4) is 11.5 Å². The molecule has 4 rings (SSSR count). The van der Waals surface area contributed by atoms with Crippen LogP contribution in [0.1, 0.15) is 36.4 Å². The molecule has 0 spiro atoms. The number of nitrogens with two attached hydrogens (primary N) is 1. The van der Waals surface area contributed by atoms with Gasteiger partial charge in [-0.1, -0.05) is 12.1 Å². The summed E-state index contributed by atoms with van der Waals surface area (Å²) in [6.45, 7) is 1.43. The first kappa shape index (κ1) is 23.7. The molecule has 0 bridgehead atoms. The summed E-state index contributed by atoms with van der Waals surface area (Å²) in [5.41, 5.74) is 7.70. The van der Waals surface area contributed by atoms with E-state index in [-0.39, 0.29) is 36.1 Å². The lowest BCUT2D eigenvalue weighted by Gasteiger charge is -2.31. The predicted molar refractivity (Wildman–Crippen MR) is 125 cm³/mol. The first-order valence-electron chi connectivity index (χ1n) is 11.3. The van der Waals surface area contributed by atoms with Gasteiger partial charge < -0.3 is 15.2 Å². The number of hydrogen-bond donors (Lipinski definition) is 1. The van der Waals surface area contributed by atoms with E-state index in [9.17, 15) is 14.0 Å². The number of primary amides is 1. The molecule has 1 fully saturated rings. The molecule has 34 heavy (non-hydrogen) atoms. The highest BCUT2D eigenvalue weighted by atomic mass is 19.1. The summed E-state index contributed by atoms with van der Waals surface area (Å²) >= 11 is 0. The molecule has 2 aromatic carbocycles. The maximum absolute atomic E-state index is 13.5. The zero-order valence-electron chi connectivity index (χ0n) is 19.4. The van der Waals surface area contributed by atoms with Crippen molar-refractivity contribution in [3.05, 3.63) is 59.4 Å². The molecule has 1 saturated heterocycles. The average molecular weight is 469 g/mol. The van der Waals surface area contributed by atoms with Crippen LogP contribution in [-0.2, 0) is 9.59 Å². The average Bonchev–Trinajstić information content (AvgIpc) is 3.29. The van der Waals surface area contributed by atoms with E-state index in [1.165, 1.54) is 17.1 Å². The predicted octanol–water partition coefficient (Wildman–Crippen LogP) is 2.72. The smallest absolute Gasteiger partial charge is 0.257 e. The minimum Gasteiger partial charge on any atom is -0.497 e. The van der Waals surface area contributed by atoms with Crippen LogP contribution in [0, 0.1) is 11.7 Å². The van der Waals surface area contributed by atoms with E-state index in [2.05, 4.69) is 5.10 Å². The van der Waals surface area contributed by atoms with Gasteiger partial charge in [-0.25, -0.2) is 9.40 Å². The van der Waals surface area contributed by atoms with Gasteiger partial charge >= 0.3 is 0 Å². The Kier molecular flexibility index (Phi) is 7.12. The van der Waals surface area contributed by atoms with E-state index in [0.29, 0.717) is 49.6 Å². The van der Waals surface area contributed by atoms with Crippen LogP contribution in [0.4, 0.5) is 4.39 Å². The zero-order chi connectivity index (χ0) is 24.2. The second kappa shape index (κ2) is 10.2. The topological polar surface area (TPSA) is 97.5 Å². The molecule has 1 atom stereocenters. The summed E-state index contributed by atoms with van der Waals surface area (Å²) in [5, 5.41) is 6.17. The van der Waals surface area contributed by atoms with Gasteiger partial charge in [0.25, 0.3) is 5.91 Å². The summed E-state index contributed by atoms with van der Waals surface area (Å²) in [6, 6.07) is 11.2. The summed E-state index contributed by atoms with van der Waals surface area (Å²) < 4.78 is 24.4. The van der Waals surface area contributed by atoms with Crippen molar-refractivity contribution in [1.82, 2.24) is 9.91 Å². The Morgan fingerprint density at radius 3 is 2.41 bits per heavy atom. The number of amides is 2. The number of carbonyl (C=O) groups is 2. The van der Waals surface area contributed by atoms with Gasteiger partial charge in [0.15, 0.2) is 0 Å². The van der Waals surface area contributed by atoms with Gasteiger partial charge in [-0.3, -0.25) is 14.5 Å². The number of benzene rings is 2. The molecule has 0 aromatic heterocycles. The maximum atomic E-state index is 13.5. The summed E-state index contributed by atoms with van der Waals surface area (Å²) in [6.07, 6.45) is 1.74. The number of rotatable bonds is 7. The fourth-order valence-electron chi connectivity index (χ4n) is 4.53. The third-order valence-electron chi connectivity index (χ3n) is 6.49. The number of hydrazone groups is 1. The molecular weight excluding hydrogens is 439 g/mol. The lowest BCUT2D eigenvalue weighted by molar-refractivity contribution is -0.134. The number of piperidine rings is 1. The van der Waals surface area contributed by atoms with Gasteiger partial charge in [0, 0.05) is 24.0 Å². The minimum absolute atomic E-state index is 0.141. The molecule has 2 amide bonds. The van der Waals surface area contributed by atoms with Crippen molar-refractivity contribution in [2.45, 2.75) is 25.3 Å². The fraction of sp³-hybridized carbons (Fsp3) is 0.400. The number of nitrogens with zero attached hydrogens (tertiary/aromatic N) is 3. The van der Waals surface area contributed by atoms with Gasteiger partial charge in [-0.2, -0.15) is 5.10 Å². The van der Waals surface area contributed by atoms with E-state index in [4.69, 9.17) is 15.2 Å². The monoisotopic (exact) mass is 468 g/mol. The normalized spacial score (nSPS) is 19.1. The van der Waals surface area contributed by atoms with E-state index >= 15 is 0 Å². The highest BCUT2D eigenvalue weighted by Gasteiger charge is 2.36. The molecule has 2 aliphatic rings. The highest BCUT2D eigenvalue weighted by molar-refractivity contribution is 6.03. The molecule has 2 aliphatic heterocycles. The summed E-state index contributed by atoms with van der Waals surface area (Å²) in [4.78, 5) is 26.9. The van der Waals surface area contributed by atoms with Crippen LogP contribution in [0.15, 0.2) is 47.6 Å².